The summed E-state index contributed by atoms with van der Waals surface area (Å²) in [5.41, 5.74) is 0. The van der Waals surface area contributed by atoms with Crippen LogP contribution in [-0.2, 0) is 9.53 Å². The molecule has 0 unspecified atom stereocenters. The lowest BCUT2D eigenvalue weighted by atomic mass is 9.98. The second-order valence-electron chi connectivity index (χ2n) is 5.76. The molecule has 0 aromatic rings. The summed E-state index contributed by atoms with van der Waals surface area (Å²) in [4.78, 5) is 24.2. The van der Waals surface area contributed by atoms with Crippen LogP contribution in [0.1, 0.15) is 38.5 Å². The Kier molecular flexibility index (Phi) is 5.81. The van der Waals surface area contributed by atoms with Crippen molar-refractivity contribution in [3.8, 4) is 0 Å². The van der Waals surface area contributed by atoms with Crippen molar-refractivity contribution in [2.75, 3.05) is 19.7 Å². The van der Waals surface area contributed by atoms with E-state index in [1.54, 1.807) is 0 Å². The van der Waals surface area contributed by atoms with Gasteiger partial charge in [-0.2, -0.15) is 0 Å². The van der Waals surface area contributed by atoms with Crippen molar-refractivity contribution in [3.05, 3.63) is 0 Å². The third-order valence-electron chi connectivity index (χ3n) is 4.11. The van der Waals surface area contributed by atoms with Gasteiger partial charge in [0.05, 0.1) is 18.8 Å². The van der Waals surface area contributed by atoms with Crippen molar-refractivity contribution in [1.82, 2.24) is 10.2 Å². The van der Waals surface area contributed by atoms with E-state index in [0.29, 0.717) is 13.2 Å². The lowest BCUT2D eigenvalue weighted by Crippen LogP contribution is -2.47. The highest BCUT2D eigenvalue weighted by atomic mass is 16.5. The molecule has 2 atom stereocenters. The molecule has 21 heavy (non-hydrogen) atoms. The number of nitrogens with one attached hydrogen (secondary N) is 1. The van der Waals surface area contributed by atoms with Crippen LogP contribution in [0.5, 0.6) is 0 Å². The summed E-state index contributed by atoms with van der Waals surface area (Å²) in [7, 11) is 0. The van der Waals surface area contributed by atoms with E-state index < -0.39 is 24.1 Å². The number of hydrogen-bond acceptors (Lipinski definition) is 4. The third-order valence-corrected chi connectivity index (χ3v) is 4.11. The molecule has 3 N–H and O–H groups in total. The van der Waals surface area contributed by atoms with Crippen LogP contribution in [0.2, 0.25) is 0 Å². The molecule has 2 aliphatic rings. The fourth-order valence-corrected chi connectivity index (χ4v) is 2.99. The van der Waals surface area contributed by atoms with E-state index in [1.807, 2.05) is 0 Å². The Bertz CT molecular complexity index is 370. The molecule has 7 nitrogen and oxygen atoms in total. The van der Waals surface area contributed by atoms with Gasteiger partial charge in [0, 0.05) is 19.5 Å². The van der Waals surface area contributed by atoms with Gasteiger partial charge in [-0.05, 0) is 12.8 Å². The van der Waals surface area contributed by atoms with E-state index in [0.717, 1.165) is 12.8 Å². The first-order valence-corrected chi connectivity index (χ1v) is 7.65. The Morgan fingerprint density at radius 3 is 2.62 bits per heavy atom. The number of aliphatic carboxylic acids is 1. The molecular formula is C14H24N2O5. The van der Waals surface area contributed by atoms with Gasteiger partial charge in [-0.1, -0.05) is 19.3 Å². The first-order chi connectivity index (χ1) is 10.1. The van der Waals surface area contributed by atoms with Gasteiger partial charge in [-0.25, -0.2) is 9.59 Å². The molecular weight excluding hydrogens is 276 g/mol. The quantitative estimate of drug-likeness (QED) is 0.645. The van der Waals surface area contributed by atoms with E-state index in [2.05, 4.69) is 5.32 Å². The predicted molar refractivity (Wildman–Crippen MR) is 75.0 cm³/mol. The number of carbonyl (C=O) groups excluding carboxylic acids is 1. The predicted octanol–water partition coefficient (Wildman–Crippen LogP) is 0.565. The molecule has 0 radical (unpaired) electrons. The number of aliphatic hydroxyl groups is 1. The van der Waals surface area contributed by atoms with Crippen LogP contribution >= 0.6 is 0 Å². The van der Waals surface area contributed by atoms with E-state index in [-0.39, 0.29) is 19.1 Å². The maximum Gasteiger partial charge on any atom is 0.326 e. The maximum atomic E-state index is 11.9. The van der Waals surface area contributed by atoms with Crippen molar-refractivity contribution in [2.45, 2.75) is 56.8 Å². The highest BCUT2D eigenvalue weighted by Gasteiger charge is 2.38. The Morgan fingerprint density at radius 2 is 1.95 bits per heavy atom. The van der Waals surface area contributed by atoms with Crippen molar-refractivity contribution in [1.29, 1.82) is 0 Å². The van der Waals surface area contributed by atoms with Gasteiger partial charge in [0.15, 0.2) is 0 Å². The SMILES string of the molecule is O=C(O)[C@H]1C[C@@H](O)CN1C(=O)NCCOC1CCCCC1. The topological polar surface area (TPSA) is 99.1 Å². The van der Waals surface area contributed by atoms with Crippen molar-refractivity contribution >= 4 is 12.0 Å². The molecule has 7 heteroatoms. The molecule has 2 fully saturated rings. The monoisotopic (exact) mass is 300 g/mol. The van der Waals surface area contributed by atoms with Crippen LogP contribution in [0.15, 0.2) is 0 Å². The van der Waals surface area contributed by atoms with Crippen LogP contribution in [-0.4, -0.2) is 65.1 Å². The third kappa shape index (κ3) is 4.57. The first-order valence-electron chi connectivity index (χ1n) is 7.65. The average molecular weight is 300 g/mol. The maximum absolute atomic E-state index is 11.9. The zero-order valence-electron chi connectivity index (χ0n) is 12.2. The fourth-order valence-electron chi connectivity index (χ4n) is 2.99. The molecule has 0 spiro atoms. The average Bonchev–Trinajstić information content (AvgIpc) is 2.87. The molecule has 120 valence electrons. The highest BCUT2D eigenvalue weighted by molar-refractivity contribution is 5.83. The Hall–Kier alpha value is -1.34. The fraction of sp³-hybridized carbons (Fsp3) is 0.857. The van der Waals surface area contributed by atoms with Gasteiger partial charge < -0.3 is 25.2 Å². The van der Waals surface area contributed by atoms with Crippen LogP contribution in [0.4, 0.5) is 4.79 Å². The highest BCUT2D eigenvalue weighted by Crippen LogP contribution is 2.20. The number of likely N-dealkylation sites (tertiary alicyclic amines) is 1. The summed E-state index contributed by atoms with van der Waals surface area (Å²) in [5, 5.41) is 21.2. The lowest BCUT2D eigenvalue weighted by molar-refractivity contribution is -0.141. The Balaban J connectivity index is 1.67. The molecule has 1 aliphatic heterocycles. The summed E-state index contributed by atoms with van der Waals surface area (Å²) in [6.45, 7) is 0.852. The number of β-amino-alcohol motifs (C(OH)–C–C–N with tert-alkyl or cyclic N) is 1. The van der Waals surface area contributed by atoms with Crippen molar-refractivity contribution in [3.63, 3.8) is 0 Å². The zero-order chi connectivity index (χ0) is 15.2. The van der Waals surface area contributed by atoms with Gasteiger partial charge >= 0.3 is 12.0 Å². The molecule has 0 bridgehead atoms. The summed E-state index contributed by atoms with van der Waals surface area (Å²) < 4.78 is 5.69. The minimum absolute atomic E-state index is 0.0618. The van der Waals surface area contributed by atoms with E-state index >= 15 is 0 Å². The summed E-state index contributed by atoms with van der Waals surface area (Å²) >= 11 is 0. The Labute approximate surface area is 124 Å². The molecule has 1 aliphatic carbocycles. The molecule has 0 aromatic carbocycles. The first kappa shape index (κ1) is 16.0. The van der Waals surface area contributed by atoms with Crippen LogP contribution in [0.3, 0.4) is 0 Å². The number of carbonyl (C=O) groups is 2. The number of carboxylic acids is 1. The second-order valence-corrected chi connectivity index (χ2v) is 5.76. The normalized spacial score (nSPS) is 26.8. The number of amides is 2. The number of ether oxygens (including phenoxy) is 1. The number of aliphatic hydroxyl groups excluding tert-OH is 1. The molecule has 1 heterocycles. The standard InChI is InChI=1S/C14H24N2O5/c17-10-8-12(13(18)19)16(9-10)14(20)15-6-7-21-11-4-2-1-3-5-11/h10-12,17H,1-9H2,(H,15,20)(H,18,19)/t10-,12-/m1/s1. The van der Waals surface area contributed by atoms with Crippen LogP contribution < -0.4 is 5.32 Å². The van der Waals surface area contributed by atoms with E-state index in [9.17, 15) is 14.7 Å². The van der Waals surface area contributed by atoms with Gasteiger partial charge in [-0.15, -0.1) is 0 Å². The smallest absolute Gasteiger partial charge is 0.326 e. The molecule has 1 saturated carbocycles. The van der Waals surface area contributed by atoms with Crippen molar-refractivity contribution in [2.24, 2.45) is 0 Å². The van der Waals surface area contributed by atoms with Crippen LogP contribution in [0, 0.1) is 0 Å². The summed E-state index contributed by atoms with van der Waals surface area (Å²) in [6, 6.07) is -1.40. The van der Waals surface area contributed by atoms with E-state index in [1.165, 1.54) is 24.2 Å². The summed E-state index contributed by atoms with van der Waals surface area (Å²) in [6.07, 6.45) is 5.42. The number of nitrogens with zero attached hydrogens (tertiary/aromatic N) is 1. The number of rotatable bonds is 5. The molecule has 2 amide bonds. The van der Waals surface area contributed by atoms with Crippen molar-refractivity contribution < 1.29 is 24.5 Å². The van der Waals surface area contributed by atoms with Gasteiger partial charge in [0.2, 0.25) is 0 Å². The number of urea groups is 1. The minimum atomic E-state index is -1.08. The van der Waals surface area contributed by atoms with Crippen LogP contribution in [0.25, 0.3) is 0 Å². The molecule has 0 aromatic heterocycles. The van der Waals surface area contributed by atoms with E-state index in [4.69, 9.17) is 9.84 Å². The minimum Gasteiger partial charge on any atom is -0.480 e. The lowest BCUT2D eigenvalue weighted by Gasteiger charge is -2.23. The second kappa shape index (κ2) is 7.61. The number of hydrogen-bond donors (Lipinski definition) is 3. The zero-order valence-corrected chi connectivity index (χ0v) is 12.2. The van der Waals surface area contributed by atoms with Gasteiger partial charge in [-0.3, -0.25) is 0 Å². The number of carboxylic acid groups (broad SMARTS) is 1. The van der Waals surface area contributed by atoms with Gasteiger partial charge in [0.1, 0.15) is 6.04 Å². The van der Waals surface area contributed by atoms with Gasteiger partial charge in [0.25, 0.3) is 0 Å². The molecule has 1 saturated heterocycles. The molecule has 2 rings (SSSR count). The largest absolute Gasteiger partial charge is 0.480 e. The Morgan fingerprint density at radius 1 is 1.24 bits per heavy atom. The summed E-state index contributed by atoms with van der Waals surface area (Å²) in [5.74, 6) is -1.08.